The molecule has 0 fully saturated rings. The van der Waals surface area contributed by atoms with E-state index in [0.717, 1.165) is 36.0 Å². The van der Waals surface area contributed by atoms with Crippen LogP contribution in [0, 0.1) is 0 Å². The molecule has 8 heteroatoms. The van der Waals surface area contributed by atoms with Crippen molar-refractivity contribution < 1.29 is 28.9 Å². The summed E-state index contributed by atoms with van der Waals surface area (Å²) in [5.41, 5.74) is 3.48. The summed E-state index contributed by atoms with van der Waals surface area (Å²) in [7, 11) is 3.15. The van der Waals surface area contributed by atoms with Crippen LogP contribution in [0.3, 0.4) is 0 Å². The van der Waals surface area contributed by atoms with Crippen molar-refractivity contribution in [2.24, 2.45) is 0 Å². The highest BCUT2D eigenvalue weighted by atomic mass is 16.5. The second-order valence-corrected chi connectivity index (χ2v) is 10.3. The van der Waals surface area contributed by atoms with Gasteiger partial charge in [-0.2, -0.15) is 0 Å². The van der Waals surface area contributed by atoms with Gasteiger partial charge in [-0.3, -0.25) is 0 Å². The zero-order valence-corrected chi connectivity index (χ0v) is 25.0. The first-order valence-corrected chi connectivity index (χ1v) is 14.7. The summed E-state index contributed by atoms with van der Waals surface area (Å²) in [5, 5.41) is 12.7. The molecule has 0 saturated carbocycles. The van der Waals surface area contributed by atoms with Gasteiger partial charge in [-0.25, -0.2) is 9.59 Å². The molecule has 0 aliphatic carbocycles. The monoisotopic (exact) mass is 576 g/mol. The predicted molar refractivity (Wildman–Crippen MR) is 165 cm³/mol. The molecular formula is C34H44N2O6. The fourth-order valence-corrected chi connectivity index (χ4v) is 4.63. The maximum absolute atomic E-state index is 13.3. The molecule has 3 rings (SSSR count). The number of rotatable bonds is 18. The Balaban J connectivity index is 1.60. The highest BCUT2D eigenvalue weighted by Crippen LogP contribution is 2.29. The first-order chi connectivity index (χ1) is 20.4. The smallest absolute Gasteiger partial charge is 0.333 e. The standard InChI is InChI=1S/C34H44N2O6/c1-4-5-6-7-11-21-36(34(39)35-30-19-18-29(40-2)24-31(30)41-3)22-20-26-14-16-27(17-15-26)23-32(33(37)38)42-25-28-12-9-8-10-13-28/h8-10,12-19,24,32H,4-7,11,20-23,25H2,1-3H3,(H,35,39)(H,37,38)/t32-/m1/s1. The molecule has 3 aromatic carbocycles. The number of hydrogen-bond donors (Lipinski definition) is 2. The third-order valence-electron chi connectivity index (χ3n) is 7.15. The van der Waals surface area contributed by atoms with E-state index in [1.807, 2.05) is 59.5 Å². The van der Waals surface area contributed by atoms with Crippen LogP contribution in [0.1, 0.15) is 55.7 Å². The summed E-state index contributed by atoms with van der Waals surface area (Å²) in [6, 6.07) is 22.5. The molecule has 1 atom stereocenters. The minimum absolute atomic E-state index is 0.176. The molecule has 8 nitrogen and oxygen atoms in total. The van der Waals surface area contributed by atoms with Gasteiger partial charge in [0, 0.05) is 25.6 Å². The molecule has 2 N–H and O–H groups in total. The number of ether oxygens (including phenoxy) is 3. The Morgan fingerprint density at radius 2 is 1.55 bits per heavy atom. The van der Waals surface area contributed by atoms with Crippen LogP contribution in [0.25, 0.3) is 0 Å². The van der Waals surface area contributed by atoms with Gasteiger partial charge < -0.3 is 29.5 Å². The molecular weight excluding hydrogens is 532 g/mol. The topological polar surface area (TPSA) is 97.3 Å². The molecule has 0 aliphatic heterocycles. The van der Waals surface area contributed by atoms with E-state index in [-0.39, 0.29) is 19.1 Å². The third kappa shape index (κ3) is 10.7. The summed E-state index contributed by atoms with van der Waals surface area (Å²) in [4.78, 5) is 27.0. The predicted octanol–water partition coefficient (Wildman–Crippen LogP) is 6.96. The van der Waals surface area contributed by atoms with Crippen LogP contribution in [-0.4, -0.2) is 55.4 Å². The minimum atomic E-state index is -0.982. The summed E-state index contributed by atoms with van der Waals surface area (Å²) in [5.74, 6) is 0.205. The Hall–Kier alpha value is -4.04. The highest BCUT2D eigenvalue weighted by molar-refractivity contribution is 5.91. The number of benzene rings is 3. The molecule has 0 spiro atoms. The van der Waals surface area contributed by atoms with Crippen LogP contribution in [0.5, 0.6) is 11.5 Å². The average molecular weight is 577 g/mol. The number of urea groups is 1. The SMILES string of the molecule is CCCCCCCN(CCc1ccc(C[C@@H](OCc2ccccc2)C(=O)O)cc1)C(=O)Nc1ccc(OC)cc1OC. The maximum atomic E-state index is 13.3. The molecule has 0 radical (unpaired) electrons. The van der Waals surface area contributed by atoms with Gasteiger partial charge in [0.05, 0.1) is 26.5 Å². The number of carbonyl (C=O) groups excluding carboxylic acids is 1. The number of hydrogen-bond acceptors (Lipinski definition) is 5. The molecule has 226 valence electrons. The minimum Gasteiger partial charge on any atom is -0.497 e. The first-order valence-electron chi connectivity index (χ1n) is 14.7. The van der Waals surface area contributed by atoms with Crippen LogP contribution in [-0.2, 0) is 29.0 Å². The van der Waals surface area contributed by atoms with E-state index in [2.05, 4.69) is 12.2 Å². The van der Waals surface area contributed by atoms with Crippen LogP contribution >= 0.6 is 0 Å². The number of carboxylic acid groups (broad SMARTS) is 1. The molecule has 0 aliphatic rings. The average Bonchev–Trinajstić information content (AvgIpc) is 3.01. The number of anilines is 1. The van der Waals surface area contributed by atoms with Crippen molar-refractivity contribution in [3.63, 3.8) is 0 Å². The van der Waals surface area contributed by atoms with Crippen LogP contribution in [0.2, 0.25) is 0 Å². The zero-order valence-electron chi connectivity index (χ0n) is 25.0. The number of carbonyl (C=O) groups is 2. The normalized spacial score (nSPS) is 11.5. The van der Waals surface area contributed by atoms with Gasteiger partial charge >= 0.3 is 12.0 Å². The number of carboxylic acids is 1. The van der Waals surface area contributed by atoms with Gasteiger partial charge in [0.1, 0.15) is 11.5 Å². The van der Waals surface area contributed by atoms with Crippen LogP contribution in [0.4, 0.5) is 10.5 Å². The van der Waals surface area contributed by atoms with E-state index in [0.29, 0.717) is 36.7 Å². The summed E-state index contributed by atoms with van der Waals surface area (Å²) in [6.07, 6.45) is 5.56. The highest BCUT2D eigenvalue weighted by Gasteiger charge is 2.19. The van der Waals surface area contributed by atoms with E-state index in [4.69, 9.17) is 14.2 Å². The van der Waals surface area contributed by atoms with E-state index < -0.39 is 12.1 Å². The van der Waals surface area contributed by atoms with Crippen molar-refractivity contribution in [2.75, 3.05) is 32.6 Å². The third-order valence-corrected chi connectivity index (χ3v) is 7.15. The van der Waals surface area contributed by atoms with Crippen molar-refractivity contribution >= 4 is 17.7 Å². The number of unbranched alkanes of at least 4 members (excludes halogenated alkanes) is 4. The van der Waals surface area contributed by atoms with Crippen LogP contribution < -0.4 is 14.8 Å². The number of aliphatic carboxylic acids is 1. The van der Waals surface area contributed by atoms with Gasteiger partial charge in [-0.05, 0) is 41.7 Å². The summed E-state index contributed by atoms with van der Waals surface area (Å²) >= 11 is 0. The van der Waals surface area contributed by atoms with Crippen molar-refractivity contribution in [3.05, 3.63) is 89.5 Å². The Labute approximate surface area is 249 Å². The van der Waals surface area contributed by atoms with Crippen LogP contribution in [0.15, 0.2) is 72.8 Å². The quantitative estimate of drug-likeness (QED) is 0.159. The second-order valence-electron chi connectivity index (χ2n) is 10.3. The number of nitrogens with zero attached hydrogens (tertiary/aromatic N) is 1. The van der Waals surface area contributed by atoms with Crippen molar-refractivity contribution in [1.82, 2.24) is 4.90 Å². The molecule has 3 aromatic rings. The van der Waals surface area contributed by atoms with Crippen molar-refractivity contribution in [3.8, 4) is 11.5 Å². The van der Waals surface area contributed by atoms with E-state index in [1.165, 1.54) is 12.8 Å². The molecule has 0 bridgehead atoms. The molecule has 0 saturated heterocycles. The van der Waals surface area contributed by atoms with Gasteiger partial charge in [-0.15, -0.1) is 0 Å². The fraction of sp³-hybridized carbons (Fsp3) is 0.412. The van der Waals surface area contributed by atoms with E-state index >= 15 is 0 Å². The number of amides is 2. The largest absolute Gasteiger partial charge is 0.497 e. The molecule has 42 heavy (non-hydrogen) atoms. The number of methoxy groups -OCH3 is 2. The maximum Gasteiger partial charge on any atom is 0.333 e. The fourth-order valence-electron chi connectivity index (χ4n) is 4.63. The number of nitrogens with one attached hydrogen (secondary N) is 1. The van der Waals surface area contributed by atoms with Gasteiger partial charge in [0.25, 0.3) is 0 Å². The Bertz CT molecular complexity index is 1230. The zero-order chi connectivity index (χ0) is 30.2. The molecule has 2 amide bonds. The lowest BCUT2D eigenvalue weighted by Gasteiger charge is -2.24. The lowest BCUT2D eigenvalue weighted by Crippen LogP contribution is -2.37. The second kappa shape index (κ2) is 17.7. The van der Waals surface area contributed by atoms with Crippen molar-refractivity contribution in [2.45, 2.75) is 64.6 Å². The van der Waals surface area contributed by atoms with Gasteiger partial charge in [-0.1, -0.05) is 87.2 Å². The Morgan fingerprint density at radius 3 is 2.21 bits per heavy atom. The van der Waals surface area contributed by atoms with Crippen molar-refractivity contribution in [1.29, 1.82) is 0 Å². The van der Waals surface area contributed by atoms with Gasteiger partial charge in [0.15, 0.2) is 6.10 Å². The molecule has 0 aromatic heterocycles. The Kier molecular flexibility index (Phi) is 13.7. The van der Waals surface area contributed by atoms with E-state index in [1.54, 1.807) is 32.4 Å². The lowest BCUT2D eigenvalue weighted by molar-refractivity contribution is -0.151. The summed E-state index contributed by atoms with van der Waals surface area (Å²) < 4.78 is 16.4. The summed E-state index contributed by atoms with van der Waals surface area (Å²) in [6.45, 7) is 3.64. The van der Waals surface area contributed by atoms with E-state index in [9.17, 15) is 14.7 Å². The Morgan fingerprint density at radius 1 is 0.833 bits per heavy atom. The first kappa shape index (κ1) is 32.5. The van der Waals surface area contributed by atoms with Gasteiger partial charge in [0.2, 0.25) is 0 Å². The molecule has 0 heterocycles. The lowest BCUT2D eigenvalue weighted by atomic mass is 10.0. The molecule has 0 unspecified atom stereocenters.